The number of aromatic amines is 1. The molecule has 1 aliphatic rings. The van der Waals surface area contributed by atoms with Gasteiger partial charge in [0.05, 0.1) is 11.7 Å². The number of aliphatic carboxylic acids is 1. The van der Waals surface area contributed by atoms with Gasteiger partial charge in [-0.15, -0.1) is 5.10 Å². The molecule has 0 atom stereocenters. The molecule has 1 aromatic heterocycles. The second-order valence-electron chi connectivity index (χ2n) is 4.29. The summed E-state index contributed by atoms with van der Waals surface area (Å²) < 4.78 is 0. The minimum atomic E-state index is -0.780. The number of nitrogens with two attached hydrogens (primary N) is 1. The molecule has 4 N–H and O–H groups in total. The lowest BCUT2D eigenvalue weighted by Gasteiger charge is -2.29. The van der Waals surface area contributed by atoms with Gasteiger partial charge in [-0.2, -0.15) is 4.98 Å². The zero-order chi connectivity index (χ0) is 13.8. The van der Waals surface area contributed by atoms with Crippen molar-refractivity contribution < 1.29 is 14.7 Å². The van der Waals surface area contributed by atoms with Crippen molar-refractivity contribution in [3.05, 3.63) is 0 Å². The Bertz CT molecular complexity index is 469. The lowest BCUT2D eigenvalue weighted by atomic mass is 9.97. The van der Waals surface area contributed by atoms with Crippen molar-refractivity contribution in [2.45, 2.75) is 18.0 Å². The van der Waals surface area contributed by atoms with Crippen LogP contribution in [0.5, 0.6) is 0 Å². The van der Waals surface area contributed by atoms with E-state index in [9.17, 15) is 9.59 Å². The Labute approximate surface area is 113 Å². The summed E-state index contributed by atoms with van der Waals surface area (Å²) in [7, 11) is 0. The van der Waals surface area contributed by atoms with Gasteiger partial charge in [-0.05, 0) is 12.8 Å². The van der Waals surface area contributed by atoms with E-state index >= 15 is 0 Å². The number of amides is 1. The summed E-state index contributed by atoms with van der Waals surface area (Å²) in [5.74, 6) is -0.689. The van der Waals surface area contributed by atoms with E-state index in [-0.39, 0.29) is 23.5 Å². The summed E-state index contributed by atoms with van der Waals surface area (Å²) in [4.78, 5) is 28.3. The van der Waals surface area contributed by atoms with Crippen LogP contribution < -0.4 is 5.73 Å². The molecule has 1 amide bonds. The highest BCUT2D eigenvalue weighted by Crippen LogP contribution is 2.19. The van der Waals surface area contributed by atoms with Gasteiger partial charge >= 0.3 is 5.97 Å². The Balaban J connectivity index is 1.77. The molecule has 0 spiro atoms. The van der Waals surface area contributed by atoms with Crippen molar-refractivity contribution in [3.63, 3.8) is 0 Å². The van der Waals surface area contributed by atoms with E-state index in [0.29, 0.717) is 31.1 Å². The number of nitrogens with one attached hydrogen (secondary N) is 1. The van der Waals surface area contributed by atoms with Crippen LogP contribution in [0.15, 0.2) is 5.16 Å². The number of likely N-dealkylation sites (tertiary alicyclic amines) is 1. The fourth-order valence-electron chi connectivity index (χ4n) is 1.92. The van der Waals surface area contributed by atoms with Crippen LogP contribution in [0.4, 0.5) is 5.95 Å². The van der Waals surface area contributed by atoms with Crippen LogP contribution >= 0.6 is 11.8 Å². The van der Waals surface area contributed by atoms with Crippen LogP contribution in [-0.2, 0) is 9.59 Å². The zero-order valence-electron chi connectivity index (χ0n) is 10.2. The van der Waals surface area contributed by atoms with E-state index in [1.807, 2.05) is 0 Å². The van der Waals surface area contributed by atoms with Gasteiger partial charge in [0, 0.05) is 13.1 Å². The first kappa shape index (κ1) is 13.7. The second-order valence-corrected chi connectivity index (χ2v) is 5.23. The summed E-state index contributed by atoms with van der Waals surface area (Å²) >= 11 is 1.21. The van der Waals surface area contributed by atoms with Crippen molar-refractivity contribution in [1.82, 2.24) is 20.1 Å². The van der Waals surface area contributed by atoms with E-state index in [1.165, 1.54) is 11.8 Å². The number of carbonyl (C=O) groups excluding carboxylic acids is 1. The van der Waals surface area contributed by atoms with Crippen molar-refractivity contribution in [2.24, 2.45) is 5.92 Å². The van der Waals surface area contributed by atoms with Crippen LogP contribution in [0, 0.1) is 5.92 Å². The highest BCUT2D eigenvalue weighted by molar-refractivity contribution is 7.99. The van der Waals surface area contributed by atoms with E-state index in [0.717, 1.165) is 0 Å². The maximum atomic E-state index is 11.9. The van der Waals surface area contributed by atoms with Crippen LogP contribution in [0.2, 0.25) is 0 Å². The largest absolute Gasteiger partial charge is 0.481 e. The highest BCUT2D eigenvalue weighted by Gasteiger charge is 2.26. The molecule has 1 fully saturated rings. The molecule has 1 saturated heterocycles. The number of piperidine rings is 1. The average molecular weight is 285 g/mol. The van der Waals surface area contributed by atoms with Crippen LogP contribution in [0.3, 0.4) is 0 Å². The van der Waals surface area contributed by atoms with Crippen LogP contribution in [0.1, 0.15) is 12.8 Å². The Morgan fingerprint density at radius 2 is 2.16 bits per heavy atom. The number of carbonyl (C=O) groups is 2. The number of H-pyrrole nitrogens is 1. The van der Waals surface area contributed by atoms with Gasteiger partial charge in [-0.3, -0.25) is 9.59 Å². The van der Waals surface area contributed by atoms with Gasteiger partial charge in [0.2, 0.25) is 17.0 Å². The van der Waals surface area contributed by atoms with Gasteiger partial charge in [0.15, 0.2) is 0 Å². The van der Waals surface area contributed by atoms with Crippen molar-refractivity contribution in [1.29, 1.82) is 0 Å². The van der Waals surface area contributed by atoms with Crippen molar-refractivity contribution >= 4 is 29.6 Å². The molecule has 0 aliphatic carbocycles. The number of thioether (sulfide) groups is 1. The van der Waals surface area contributed by atoms with Gasteiger partial charge < -0.3 is 15.7 Å². The minimum Gasteiger partial charge on any atom is -0.481 e. The molecular formula is C10H15N5O3S. The molecule has 0 aromatic carbocycles. The third-order valence-corrected chi connectivity index (χ3v) is 3.84. The van der Waals surface area contributed by atoms with E-state index in [2.05, 4.69) is 15.2 Å². The summed E-state index contributed by atoms with van der Waals surface area (Å²) in [6.07, 6.45) is 1.03. The van der Waals surface area contributed by atoms with E-state index < -0.39 is 5.97 Å². The molecule has 9 heteroatoms. The molecule has 8 nitrogen and oxygen atoms in total. The second kappa shape index (κ2) is 5.91. The number of carboxylic acids is 1. The number of anilines is 1. The number of nitrogen functional groups attached to an aromatic ring is 1. The number of rotatable bonds is 4. The third kappa shape index (κ3) is 3.60. The SMILES string of the molecule is Nc1nc(SCC(=O)N2CCC(C(=O)O)CC2)n[nH]1. The molecule has 2 heterocycles. The molecular weight excluding hydrogens is 270 g/mol. The summed E-state index contributed by atoms with van der Waals surface area (Å²) in [5.41, 5.74) is 5.38. The average Bonchev–Trinajstić information content (AvgIpc) is 2.82. The Hall–Kier alpha value is -1.77. The first-order valence-corrected chi connectivity index (χ1v) is 6.86. The van der Waals surface area contributed by atoms with Crippen LogP contribution in [0.25, 0.3) is 0 Å². The lowest BCUT2D eigenvalue weighted by Crippen LogP contribution is -2.41. The number of nitrogens with zero attached hydrogens (tertiary/aromatic N) is 3. The summed E-state index contributed by atoms with van der Waals surface area (Å²) in [6.45, 7) is 0.985. The van der Waals surface area contributed by atoms with E-state index in [4.69, 9.17) is 10.8 Å². The quantitative estimate of drug-likeness (QED) is 0.654. The normalized spacial score (nSPS) is 16.5. The molecule has 0 radical (unpaired) electrons. The number of hydrogen-bond donors (Lipinski definition) is 3. The fraction of sp³-hybridized carbons (Fsp3) is 0.600. The molecule has 1 aliphatic heterocycles. The molecule has 2 rings (SSSR count). The number of aromatic nitrogens is 3. The Morgan fingerprint density at radius 3 is 2.68 bits per heavy atom. The fourth-order valence-corrected chi connectivity index (χ4v) is 2.62. The predicted molar refractivity (Wildman–Crippen MR) is 68.5 cm³/mol. The zero-order valence-corrected chi connectivity index (χ0v) is 11.0. The summed E-state index contributed by atoms with van der Waals surface area (Å²) in [5, 5.41) is 15.6. The topological polar surface area (TPSA) is 125 Å². The van der Waals surface area contributed by atoms with Crippen LogP contribution in [-0.4, -0.2) is 55.9 Å². The third-order valence-electron chi connectivity index (χ3n) is 3.00. The molecule has 0 unspecified atom stereocenters. The van der Waals surface area contributed by atoms with Gasteiger partial charge in [0.25, 0.3) is 0 Å². The maximum Gasteiger partial charge on any atom is 0.306 e. The number of carboxylic acid groups (broad SMARTS) is 1. The molecule has 0 bridgehead atoms. The van der Waals surface area contributed by atoms with Crippen molar-refractivity contribution in [3.8, 4) is 0 Å². The van der Waals surface area contributed by atoms with E-state index in [1.54, 1.807) is 4.90 Å². The van der Waals surface area contributed by atoms with Gasteiger partial charge in [-0.25, -0.2) is 5.10 Å². The molecule has 1 aromatic rings. The minimum absolute atomic E-state index is 0.0304. The predicted octanol–water partition coefficient (Wildman–Crippen LogP) is -0.198. The number of hydrogen-bond acceptors (Lipinski definition) is 6. The Morgan fingerprint density at radius 1 is 1.47 bits per heavy atom. The monoisotopic (exact) mass is 285 g/mol. The summed E-state index contributed by atoms with van der Waals surface area (Å²) in [6, 6.07) is 0. The Kier molecular flexibility index (Phi) is 4.25. The van der Waals surface area contributed by atoms with Gasteiger partial charge in [0.1, 0.15) is 0 Å². The van der Waals surface area contributed by atoms with Gasteiger partial charge in [-0.1, -0.05) is 11.8 Å². The highest BCUT2D eigenvalue weighted by atomic mass is 32.2. The maximum absolute atomic E-state index is 11.9. The molecule has 104 valence electrons. The smallest absolute Gasteiger partial charge is 0.306 e. The van der Waals surface area contributed by atoms with Crippen molar-refractivity contribution in [2.75, 3.05) is 24.6 Å². The molecule has 0 saturated carbocycles. The standard InChI is InChI=1S/C10H15N5O3S/c11-9-12-10(14-13-9)19-5-7(16)15-3-1-6(2-4-15)8(17)18/h6H,1-5H2,(H,17,18)(H3,11,12,13,14). The lowest BCUT2D eigenvalue weighted by molar-refractivity contribution is -0.145. The first-order valence-electron chi connectivity index (χ1n) is 5.87. The molecule has 19 heavy (non-hydrogen) atoms. The first-order chi connectivity index (χ1) is 9.06.